The molecule has 0 aliphatic heterocycles. The summed E-state index contributed by atoms with van der Waals surface area (Å²) in [6.45, 7) is 13.4. The standard InChI is InChI=1S/C15H26N2O/c1-6-17(7-2)10-11-8-12(15(3,4)5)9-13(16)14(11)18/h8-9,18H,6-7,10,16H2,1-5H3. The van der Waals surface area contributed by atoms with Gasteiger partial charge in [-0.25, -0.2) is 0 Å². The molecule has 0 atom stereocenters. The summed E-state index contributed by atoms with van der Waals surface area (Å²) >= 11 is 0. The molecule has 0 aliphatic carbocycles. The predicted octanol–water partition coefficient (Wildman–Crippen LogP) is 3.11. The van der Waals surface area contributed by atoms with E-state index < -0.39 is 0 Å². The molecule has 1 rings (SSSR count). The van der Waals surface area contributed by atoms with Crippen LogP contribution in [-0.2, 0) is 12.0 Å². The van der Waals surface area contributed by atoms with Crippen LogP contribution < -0.4 is 5.73 Å². The van der Waals surface area contributed by atoms with Crippen LogP contribution in [0.2, 0.25) is 0 Å². The van der Waals surface area contributed by atoms with Crippen LogP contribution in [0.3, 0.4) is 0 Å². The van der Waals surface area contributed by atoms with E-state index in [2.05, 4.69) is 45.6 Å². The third-order valence-corrected chi connectivity index (χ3v) is 3.37. The second kappa shape index (κ2) is 5.61. The Morgan fingerprint density at radius 2 is 1.72 bits per heavy atom. The monoisotopic (exact) mass is 250 g/mol. The van der Waals surface area contributed by atoms with E-state index in [0.717, 1.165) is 25.2 Å². The van der Waals surface area contributed by atoms with E-state index >= 15 is 0 Å². The second-order valence-corrected chi connectivity index (χ2v) is 5.78. The van der Waals surface area contributed by atoms with Crippen LogP contribution in [-0.4, -0.2) is 23.1 Å². The fourth-order valence-electron chi connectivity index (χ4n) is 1.96. The molecule has 0 heterocycles. The number of hydrogen-bond donors (Lipinski definition) is 2. The molecule has 3 N–H and O–H groups in total. The van der Waals surface area contributed by atoms with Crippen molar-refractivity contribution in [2.45, 2.75) is 46.6 Å². The third kappa shape index (κ3) is 3.39. The predicted molar refractivity (Wildman–Crippen MR) is 77.8 cm³/mol. The van der Waals surface area contributed by atoms with Gasteiger partial charge in [0.05, 0.1) is 5.69 Å². The Kier molecular flexibility index (Phi) is 4.63. The minimum absolute atomic E-state index is 0.0415. The number of nitrogens with zero attached hydrogens (tertiary/aromatic N) is 1. The van der Waals surface area contributed by atoms with Gasteiger partial charge in [-0.3, -0.25) is 4.90 Å². The molecule has 0 bridgehead atoms. The molecular formula is C15H26N2O. The van der Waals surface area contributed by atoms with Crippen LogP contribution in [0.1, 0.15) is 45.7 Å². The van der Waals surface area contributed by atoms with Crippen molar-refractivity contribution in [2.75, 3.05) is 18.8 Å². The first-order valence-corrected chi connectivity index (χ1v) is 6.63. The number of benzene rings is 1. The maximum atomic E-state index is 10.1. The molecule has 102 valence electrons. The van der Waals surface area contributed by atoms with E-state index in [9.17, 15) is 5.11 Å². The maximum absolute atomic E-state index is 10.1. The first-order valence-electron chi connectivity index (χ1n) is 6.63. The Labute approximate surface area is 111 Å². The number of phenolic OH excluding ortho intramolecular Hbond substituents is 1. The highest BCUT2D eigenvalue weighted by atomic mass is 16.3. The first-order chi connectivity index (χ1) is 8.29. The molecule has 0 unspecified atom stereocenters. The molecule has 0 saturated carbocycles. The van der Waals surface area contributed by atoms with Crippen molar-refractivity contribution in [2.24, 2.45) is 0 Å². The summed E-state index contributed by atoms with van der Waals surface area (Å²) in [6.07, 6.45) is 0. The van der Waals surface area contributed by atoms with E-state index in [0.29, 0.717) is 5.69 Å². The molecule has 0 spiro atoms. The number of nitrogen functional groups attached to an aromatic ring is 1. The van der Waals surface area contributed by atoms with Crippen molar-refractivity contribution in [3.63, 3.8) is 0 Å². The number of phenols is 1. The highest BCUT2D eigenvalue weighted by molar-refractivity contribution is 5.59. The number of anilines is 1. The van der Waals surface area contributed by atoms with Crippen LogP contribution in [0.15, 0.2) is 12.1 Å². The molecule has 1 aromatic rings. The minimum Gasteiger partial charge on any atom is -0.505 e. The normalized spacial score (nSPS) is 12.1. The lowest BCUT2D eigenvalue weighted by molar-refractivity contribution is 0.290. The lowest BCUT2D eigenvalue weighted by Gasteiger charge is -2.24. The quantitative estimate of drug-likeness (QED) is 0.637. The van der Waals surface area contributed by atoms with Crippen LogP contribution in [0.4, 0.5) is 5.69 Å². The van der Waals surface area contributed by atoms with Gasteiger partial charge in [-0.15, -0.1) is 0 Å². The van der Waals surface area contributed by atoms with Gasteiger partial charge in [-0.2, -0.15) is 0 Å². The van der Waals surface area contributed by atoms with Crippen molar-refractivity contribution in [3.8, 4) is 5.75 Å². The Morgan fingerprint density at radius 3 is 2.17 bits per heavy atom. The molecular weight excluding hydrogens is 224 g/mol. The van der Waals surface area contributed by atoms with Crippen LogP contribution in [0.5, 0.6) is 5.75 Å². The molecule has 0 saturated heterocycles. The van der Waals surface area contributed by atoms with Gasteiger partial charge < -0.3 is 10.8 Å². The molecule has 18 heavy (non-hydrogen) atoms. The number of hydrogen-bond acceptors (Lipinski definition) is 3. The van der Waals surface area contributed by atoms with Gasteiger partial charge in [-0.1, -0.05) is 40.7 Å². The van der Waals surface area contributed by atoms with Gasteiger partial charge in [0.2, 0.25) is 0 Å². The van der Waals surface area contributed by atoms with Gasteiger partial charge in [-0.05, 0) is 30.1 Å². The molecule has 0 aromatic heterocycles. The summed E-state index contributed by atoms with van der Waals surface area (Å²) in [5, 5.41) is 10.1. The van der Waals surface area contributed by atoms with E-state index in [-0.39, 0.29) is 11.2 Å². The third-order valence-electron chi connectivity index (χ3n) is 3.37. The van der Waals surface area contributed by atoms with Crippen molar-refractivity contribution in [1.82, 2.24) is 4.90 Å². The fraction of sp³-hybridized carbons (Fsp3) is 0.600. The summed E-state index contributed by atoms with van der Waals surface area (Å²) in [5.74, 6) is 0.231. The van der Waals surface area contributed by atoms with Crippen molar-refractivity contribution >= 4 is 5.69 Å². The molecule has 0 fully saturated rings. The highest BCUT2D eigenvalue weighted by Gasteiger charge is 2.18. The lowest BCUT2D eigenvalue weighted by Crippen LogP contribution is -2.23. The van der Waals surface area contributed by atoms with Crippen molar-refractivity contribution in [3.05, 3.63) is 23.3 Å². The fourth-order valence-corrected chi connectivity index (χ4v) is 1.96. The van der Waals surface area contributed by atoms with Gasteiger partial charge in [0.1, 0.15) is 5.75 Å². The van der Waals surface area contributed by atoms with E-state index in [1.54, 1.807) is 0 Å². The van der Waals surface area contributed by atoms with Crippen molar-refractivity contribution in [1.29, 1.82) is 0 Å². The van der Waals surface area contributed by atoms with Crippen LogP contribution in [0.25, 0.3) is 0 Å². The summed E-state index contributed by atoms with van der Waals surface area (Å²) in [4.78, 5) is 2.26. The second-order valence-electron chi connectivity index (χ2n) is 5.78. The molecule has 1 aromatic carbocycles. The summed E-state index contributed by atoms with van der Waals surface area (Å²) in [7, 11) is 0. The molecule has 0 radical (unpaired) electrons. The molecule has 3 heteroatoms. The summed E-state index contributed by atoms with van der Waals surface area (Å²) in [6, 6.07) is 3.95. The Hall–Kier alpha value is -1.22. The average molecular weight is 250 g/mol. The Bertz CT molecular complexity index is 404. The SMILES string of the molecule is CCN(CC)Cc1cc(C(C)(C)C)cc(N)c1O. The zero-order valence-electron chi connectivity index (χ0n) is 12.2. The van der Waals surface area contributed by atoms with Gasteiger partial charge in [0.15, 0.2) is 0 Å². The van der Waals surface area contributed by atoms with Crippen molar-refractivity contribution < 1.29 is 5.11 Å². The molecule has 3 nitrogen and oxygen atoms in total. The zero-order chi connectivity index (χ0) is 13.9. The summed E-state index contributed by atoms with van der Waals surface area (Å²) < 4.78 is 0. The average Bonchev–Trinajstić information content (AvgIpc) is 2.29. The molecule has 0 amide bonds. The largest absolute Gasteiger partial charge is 0.505 e. The van der Waals surface area contributed by atoms with Crippen LogP contribution >= 0.6 is 0 Å². The Morgan fingerprint density at radius 1 is 1.17 bits per heavy atom. The smallest absolute Gasteiger partial charge is 0.142 e. The van der Waals surface area contributed by atoms with Gasteiger partial charge >= 0.3 is 0 Å². The lowest BCUT2D eigenvalue weighted by atomic mass is 9.85. The van der Waals surface area contributed by atoms with Gasteiger partial charge in [0.25, 0.3) is 0 Å². The topological polar surface area (TPSA) is 49.5 Å². The number of nitrogens with two attached hydrogens (primary N) is 1. The number of aromatic hydroxyl groups is 1. The summed E-state index contributed by atoms with van der Waals surface area (Å²) in [5.41, 5.74) is 8.51. The van der Waals surface area contributed by atoms with E-state index in [1.165, 1.54) is 5.56 Å². The van der Waals surface area contributed by atoms with E-state index in [1.807, 2.05) is 6.07 Å². The minimum atomic E-state index is 0.0415. The van der Waals surface area contributed by atoms with Crippen LogP contribution in [0, 0.1) is 0 Å². The Balaban J connectivity index is 3.14. The zero-order valence-corrected chi connectivity index (χ0v) is 12.2. The highest BCUT2D eigenvalue weighted by Crippen LogP contribution is 2.33. The van der Waals surface area contributed by atoms with Gasteiger partial charge in [0, 0.05) is 12.1 Å². The molecule has 0 aliphatic rings. The number of rotatable bonds is 4. The van der Waals surface area contributed by atoms with E-state index in [4.69, 9.17) is 5.73 Å². The maximum Gasteiger partial charge on any atom is 0.142 e. The first kappa shape index (κ1) is 14.8.